The Kier molecular flexibility index (Phi) is 5.59. The molecule has 19 heavy (non-hydrogen) atoms. The summed E-state index contributed by atoms with van der Waals surface area (Å²) in [5.74, 6) is -1.05. The van der Waals surface area contributed by atoms with Gasteiger partial charge >= 0.3 is 12.0 Å². The first-order chi connectivity index (χ1) is 8.93. The van der Waals surface area contributed by atoms with Crippen molar-refractivity contribution in [3.63, 3.8) is 0 Å². The number of nitrogens with zero attached hydrogens (tertiary/aromatic N) is 1. The molecule has 0 radical (unpaired) electrons. The highest BCUT2D eigenvalue weighted by atomic mass is 16.4. The summed E-state index contributed by atoms with van der Waals surface area (Å²) in [7, 11) is 0. The first-order valence-corrected chi connectivity index (χ1v) is 6.49. The Labute approximate surface area is 112 Å². The minimum Gasteiger partial charge on any atom is -0.480 e. The topological polar surface area (TPSA) is 98.7 Å². The van der Waals surface area contributed by atoms with Crippen molar-refractivity contribution in [1.29, 1.82) is 0 Å². The number of amides is 3. The van der Waals surface area contributed by atoms with Crippen LogP contribution < -0.4 is 10.6 Å². The molecule has 3 amide bonds. The van der Waals surface area contributed by atoms with Crippen LogP contribution in [0, 0.1) is 0 Å². The summed E-state index contributed by atoms with van der Waals surface area (Å²) in [5, 5.41) is 14.3. The van der Waals surface area contributed by atoms with Gasteiger partial charge in [0, 0.05) is 25.0 Å². The minimum absolute atomic E-state index is 0.0187. The lowest BCUT2D eigenvalue weighted by Gasteiger charge is -2.30. The predicted octanol–water partition coefficient (Wildman–Crippen LogP) is 0.160. The lowest BCUT2D eigenvalue weighted by Crippen LogP contribution is -2.54. The summed E-state index contributed by atoms with van der Waals surface area (Å²) in [6.07, 6.45) is 1.65. The molecule has 0 aromatic heterocycles. The van der Waals surface area contributed by atoms with Crippen LogP contribution in [0.25, 0.3) is 0 Å². The van der Waals surface area contributed by atoms with Crippen molar-refractivity contribution in [3.05, 3.63) is 0 Å². The lowest BCUT2D eigenvalue weighted by atomic mass is 10.1. The zero-order valence-electron chi connectivity index (χ0n) is 11.3. The van der Waals surface area contributed by atoms with Crippen LogP contribution in [0.5, 0.6) is 0 Å². The summed E-state index contributed by atoms with van der Waals surface area (Å²) in [5.41, 5.74) is 0. The maximum absolute atomic E-state index is 12.1. The Morgan fingerprint density at radius 3 is 2.74 bits per heavy atom. The highest BCUT2D eigenvalue weighted by Gasteiger charge is 2.25. The summed E-state index contributed by atoms with van der Waals surface area (Å²) >= 11 is 0. The number of nitrogens with one attached hydrogen (secondary N) is 2. The van der Waals surface area contributed by atoms with E-state index in [1.54, 1.807) is 0 Å². The maximum atomic E-state index is 12.1. The molecule has 3 N–H and O–H groups in total. The van der Waals surface area contributed by atoms with Crippen molar-refractivity contribution in [2.24, 2.45) is 0 Å². The van der Waals surface area contributed by atoms with Crippen molar-refractivity contribution in [1.82, 2.24) is 15.5 Å². The van der Waals surface area contributed by atoms with Gasteiger partial charge in [0.25, 0.3) is 0 Å². The fraction of sp³-hybridized carbons (Fsp3) is 0.750. The molecule has 0 saturated carbocycles. The molecule has 1 rings (SSSR count). The molecule has 108 valence electrons. The molecule has 7 heteroatoms. The molecule has 7 nitrogen and oxygen atoms in total. The average Bonchev–Trinajstić information content (AvgIpc) is 2.37. The number of hydrogen-bond donors (Lipinski definition) is 3. The van der Waals surface area contributed by atoms with Gasteiger partial charge in [-0.25, -0.2) is 4.79 Å². The van der Waals surface area contributed by atoms with Crippen molar-refractivity contribution in [3.8, 4) is 0 Å². The molecule has 0 aromatic carbocycles. The smallest absolute Gasteiger partial charge is 0.323 e. The van der Waals surface area contributed by atoms with E-state index in [9.17, 15) is 14.4 Å². The van der Waals surface area contributed by atoms with Gasteiger partial charge in [-0.2, -0.15) is 0 Å². The molecule has 1 aliphatic heterocycles. The van der Waals surface area contributed by atoms with E-state index in [1.807, 2.05) is 13.8 Å². The van der Waals surface area contributed by atoms with Crippen molar-refractivity contribution in [2.45, 2.75) is 45.2 Å². The third-order valence-corrected chi connectivity index (χ3v) is 3.28. The Morgan fingerprint density at radius 2 is 2.26 bits per heavy atom. The Morgan fingerprint density at radius 1 is 1.58 bits per heavy atom. The number of carboxylic acid groups (broad SMARTS) is 1. The second-order valence-corrected chi connectivity index (χ2v) is 4.77. The van der Waals surface area contributed by atoms with E-state index in [1.165, 1.54) is 4.90 Å². The molecule has 1 heterocycles. The molecular formula is C12H21N3O4. The van der Waals surface area contributed by atoms with Gasteiger partial charge in [-0.3, -0.25) is 9.59 Å². The summed E-state index contributed by atoms with van der Waals surface area (Å²) in [4.78, 5) is 35.2. The predicted molar refractivity (Wildman–Crippen MR) is 68.7 cm³/mol. The molecule has 1 aliphatic rings. The standard InChI is InChI=1S/C12H21N3O4/c1-3-8(2)15(7-11(17)18)12(19)14-9-4-5-10(16)13-6-9/h8-9H,3-7H2,1-2H3,(H,13,16)(H,14,19)(H,17,18). The molecule has 0 aromatic rings. The molecule has 1 saturated heterocycles. The van der Waals surface area contributed by atoms with E-state index in [0.29, 0.717) is 25.8 Å². The second kappa shape index (κ2) is 6.96. The first-order valence-electron chi connectivity index (χ1n) is 6.49. The summed E-state index contributed by atoms with van der Waals surface area (Å²) in [6.45, 7) is 3.78. The number of aliphatic carboxylic acids is 1. The van der Waals surface area contributed by atoms with Gasteiger partial charge < -0.3 is 20.6 Å². The molecular weight excluding hydrogens is 250 g/mol. The molecule has 2 unspecified atom stereocenters. The van der Waals surface area contributed by atoms with Crippen LogP contribution in [-0.4, -0.2) is 53.1 Å². The Hall–Kier alpha value is -1.79. The highest BCUT2D eigenvalue weighted by Crippen LogP contribution is 2.07. The zero-order valence-corrected chi connectivity index (χ0v) is 11.3. The van der Waals surface area contributed by atoms with Crippen LogP contribution >= 0.6 is 0 Å². The minimum atomic E-state index is -1.03. The molecule has 2 atom stereocenters. The molecule has 0 spiro atoms. The van der Waals surface area contributed by atoms with Crippen molar-refractivity contribution in [2.75, 3.05) is 13.1 Å². The normalized spacial score (nSPS) is 20.3. The average molecular weight is 271 g/mol. The van der Waals surface area contributed by atoms with Crippen LogP contribution in [0.1, 0.15) is 33.1 Å². The number of carboxylic acids is 1. The molecule has 0 aliphatic carbocycles. The van der Waals surface area contributed by atoms with Gasteiger partial charge in [0.1, 0.15) is 6.54 Å². The van der Waals surface area contributed by atoms with E-state index >= 15 is 0 Å². The van der Waals surface area contributed by atoms with Gasteiger partial charge in [-0.05, 0) is 19.8 Å². The van der Waals surface area contributed by atoms with Crippen LogP contribution in [0.2, 0.25) is 0 Å². The van der Waals surface area contributed by atoms with E-state index in [4.69, 9.17) is 5.11 Å². The number of urea groups is 1. The van der Waals surface area contributed by atoms with Gasteiger partial charge in [0.05, 0.1) is 0 Å². The highest BCUT2D eigenvalue weighted by molar-refractivity contribution is 5.81. The van der Waals surface area contributed by atoms with E-state index < -0.39 is 12.0 Å². The fourth-order valence-corrected chi connectivity index (χ4v) is 1.91. The van der Waals surface area contributed by atoms with Crippen LogP contribution in [0.15, 0.2) is 0 Å². The maximum Gasteiger partial charge on any atom is 0.323 e. The lowest BCUT2D eigenvalue weighted by molar-refractivity contribution is -0.138. The van der Waals surface area contributed by atoms with Crippen LogP contribution in [-0.2, 0) is 9.59 Å². The van der Waals surface area contributed by atoms with Gasteiger partial charge in [0.15, 0.2) is 0 Å². The molecule has 1 fully saturated rings. The van der Waals surface area contributed by atoms with E-state index in [0.717, 1.165) is 0 Å². The Bertz CT molecular complexity index is 349. The van der Waals surface area contributed by atoms with Gasteiger partial charge in [-0.15, -0.1) is 0 Å². The van der Waals surface area contributed by atoms with Gasteiger partial charge in [-0.1, -0.05) is 6.92 Å². The van der Waals surface area contributed by atoms with Gasteiger partial charge in [0.2, 0.25) is 5.91 Å². The van der Waals surface area contributed by atoms with Crippen molar-refractivity contribution < 1.29 is 19.5 Å². The quantitative estimate of drug-likeness (QED) is 0.663. The first kappa shape index (κ1) is 15.3. The largest absolute Gasteiger partial charge is 0.480 e. The monoisotopic (exact) mass is 271 g/mol. The van der Waals surface area contributed by atoms with Crippen molar-refractivity contribution >= 4 is 17.9 Å². The number of piperidine rings is 1. The van der Waals surface area contributed by atoms with E-state index in [-0.39, 0.29) is 24.5 Å². The third kappa shape index (κ3) is 4.76. The third-order valence-electron chi connectivity index (χ3n) is 3.28. The second-order valence-electron chi connectivity index (χ2n) is 4.77. The molecule has 0 bridgehead atoms. The number of hydrogen-bond acceptors (Lipinski definition) is 3. The fourth-order valence-electron chi connectivity index (χ4n) is 1.91. The zero-order chi connectivity index (χ0) is 14.4. The Balaban J connectivity index is 2.56. The number of carbonyl (C=O) groups excluding carboxylic acids is 2. The van der Waals surface area contributed by atoms with Crippen LogP contribution in [0.3, 0.4) is 0 Å². The van der Waals surface area contributed by atoms with Crippen LogP contribution in [0.4, 0.5) is 4.79 Å². The summed E-state index contributed by atoms with van der Waals surface area (Å²) in [6, 6.07) is -0.669. The SMILES string of the molecule is CCC(C)N(CC(=O)O)C(=O)NC1CCC(=O)NC1. The summed E-state index contributed by atoms with van der Waals surface area (Å²) < 4.78 is 0. The number of carbonyl (C=O) groups is 3. The number of rotatable bonds is 5. The van der Waals surface area contributed by atoms with E-state index in [2.05, 4.69) is 10.6 Å².